The Bertz CT molecular complexity index is 258. The lowest BCUT2D eigenvalue weighted by Gasteiger charge is -1.93. The molecule has 0 fully saturated rings. The van der Waals surface area contributed by atoms with Crippen LogP contribution in [0.15, 0.2) is 24.4 Å². The van der Waals surface area contributed by atoms with E-state index in [9.17, 15) is 0 Å². The summed E-state index contributed by atoms with van der Waals surface area (Å²) in [7, 11) is 0. The minimum absolute atomic E-state index is 0.981. The Balaban J connectivity index is 2.79. The summed E-state index contributed by atoms with van der Waals surface area (Å²) in [5.74, 6) is 0. The zero-order chi connectivity index (χ0) is 8.10. The van der Waals surface area contributed by atoms with Gasteiger partial charge in [-0.2, -0.15) is 0 Å². The lowest BCUT2D eigenvalue weighted by molar-refractivity contribution is 1.18. The molecule has 1 heterocycles. The first-order valence-corrected chi connectivity index (χ1v) is 4.37. The van der Waals surface area contributed by atoms with Crippen molar-refractivity contribution in [2.75, 3.05) is 0 Å². The Morgan fingerprint density at radius 3 is 3.00 bits per heavy atom. The molecule has 0 spiro atoms. The maximum atomic E-state index is 4.28. The van der Waals surface area contributed by atoms with E-state index in [1.807, 2.05) is 37.4 Å². The van der Waals surface area contributed by atoms with Gasteiger partial charge in [-0.1, -0.05) is 6.07 Å². The van der Waals surface area contributed by atoms with Gasteiger partial charge in [0.25, 0.3) is 0 Å². The molecular formula is C8H9IN2. The fourth-order valence-electron chi connectivity index (χ4n) is 0.774. The van der Waals surface area contributed by atoms with Gasteiger partial charge in [0.05, 0.1) is 28.6 Å². The van der Waals surface area contributed by atoms with Crippen molar-refractivity contribution in [3.8, 4) is 0 Å². The summed E-state index contributed by atoms with van der Waals surface area (Å²) >= 11 is 2.06. The predicted molar refractivity (Wildman–Crippen MR) is 55.2 cm³/mol. The molecule has 1 aromatic heterocycles. The molecular weight excluding hydrogens is 251 g/mol. The maximum absolute atomic E-state index is 4.28. The fourth-order valence-corrected chi connectivity index (χ4v) is 0.954. The monoisotopic (exact) mass is 260 g/mol. The minimum atomic E-state index is 0.981. The molecule has 0 aliphatic carbocycles. The van der Waals surface area contributed by atoms with Crippen molar-refractivity contribution in [1.82, 2.24) is 8.51 Å². The third kappa shape index (κ3) is 2.88. The van der Waals surface area contributed by atoms with Crippen LogP contribution in [0.25, 0.3) is 6.08 Å². The number of aryl methyl sites for hydroxylation is 1. The molecule has 0 radical (unpaired) electrons. The second kappa shape index (κ2) is 4.33. The van der Waals surface area contributed by atoms with Crippen LogP contribution in [0.3, 0.4) is 0 Å². The van der Waals surface area contributed by atoms with Crippen LogP contribution < -0.4 is 3.53 Å². The molecule has 2 nitrogen and oxygen atoms in total. The second-order valence-electron chi connectivity index (χ2n) is 2.15. The summed E-state index contributed by atoms with van der Waals surface area (Å²) in [6.45, 7) is 1.98. The Morgan fingerprint density at radius 1 is 1.55 bits per heavy atom. The first kappa shape index (κ1) is 8.52. The van der Waals surface area contributed by atoms with Crippen LogP contribution in [-0.2, 0) is 0 Å². The zero-order valence-corrected chi connectivity index (χ0v) is 8.37. The molecule has 0 aliphatic rings. The van der Waals surface area contributed by atoms with Crippen molar-refractivity contribution >= 4 is 28.9 Å². The van der Waals surface area contributed by atoms with E-state index >= 15 is 0 Å². The molecule has 0 unspecified atom stereocenters. The first-order chi connectivity index (χ1) is 5.33. The average molecular weight is 260 g/mol. The maximum Gasteiger partial charge on any atom is 0.0647 e. The predicted octanol–water partition coefficient (Wildman–Crippen LogP) is 2.30. The number of aromatic nitrogens is 1. The topological polar surface area (TPSA) is 24.9 Å². The quantitative estimate of drug-likeness (QED) is 0.652. The molecule has 0 saturated carbocycles. The Kier molecular flexibility index (Phi) is 3.35. The number of halogens is 1. The molecule has 0 aliphatic heterocycles. The van der Waals surface area contributed by atoms with Gasteiger partial charge in [0.1, 0.15) is 0 Å². The number of hydrogen-bond donors (Lipinski definition) is 1. The fraction of sp³-hybridized carbons (Fsp3) is 0.125. The highest BCUT2D eigenvalue weighted by molar-refractivity contribution is 14.1. The number of pyridine rings is 1. The van der Waals surface area contributed by atoms with Gasteiger partial charge >= 0.3 is 0 Å². The smallest absolute Gasteiger partial charge is 0.0647 e. The number of nitrogens with zero attached hydrogens (tertiary/aromatic N) is 1. The van der Waals surface area contributed by atoms with Crippen LogP contribution in [0, 0.1) is 6.92 Å². The lowest BCUT2D eigenvalue weighted by atomic mass is 10.3. The molecule has 1 aromatic rings. The summed E-state index contributed by atoms with van der Waals surface area (Å²) in [4.78, 5) is 4.28. The normalized spacial score (nSPS) is 10.4. The van der Waals surface area contributed by atoms with Gasteiger partial charge in [0.15, 0.2) is 0 Å². The lowest BCUT2D eigenvalue weighted by Crippen LogP contribution is -1.85. The molecule has 0 bridgehead atoms. The average Bonchev–Trinajstić information content (AvgIpc) is 2.01. The Morgan fingerprint density at radius 2 is 2.36 bits per heavy atom. The van der Waals surface area contributed by atoms with Crippen molar-refractivity contribution in [3.05, 3.63) is 35.8 Å². The number of rotatable bonds is 2. The highest BCUT2D eigenvalue weighted by Gasteiger charge is 1.86. The zero-order valence-electron chi connectivity index (χ0n) is 6.21. The highest BCUT2D eigenvalue weighted by Crippen LogP contribution is 1.99. The SMILES string of the molecule is Cc1cccc(C=CNI)n1. The summed E-state index contributed by atoms with van der Waals surface area (Å²) in [5, 5.41) is 0. The third-order valence-electron chi connectivity index (χ3n) is 1.23. The molecule has 0 atom stereocenters. The van der Waals surface area contributed by atoms with Crippen LogP contribution in [0.4, 0.5) is 0 Å². The van der Waals surface area contributed by atoms with Gasteiger partial charge in [-0.25, -0.2) is 0 Å². The van der Waals surface area contributed by atoms with Gasteiger partial charge in [0, 0.05) is 11.9 Å². The Labute approximate surface area is 80.2 Å². The molecule has 1 N–H and O–H groups in total. The van der Waals surface area contributed by atoms with E-state index in [1.165, 1.54) is 0 Å². The van der Waals surface area contributed by atoms with Crippen LogP contribution in [0.1, 0.15) is 11.4 Å². The summed E-state index contributed by atoms with van der Waals surface area (Å²) < 4.78 is 2.89. The summed E-state index contributed by atoms with van der Waals surface area (Å²) in [6, 6.07) is 5.95. The van der Waals surface area contributed by atoms with E-state index in [4.69, 9.17) is 0 Å². The van der Waals surface area contributed by atoms with Crippen LogP contribution in [0.5, 0.6) is 0 Å². The Hall–Kier alpha value is -0.580. The van der Waals surface area contributed by atoms with Gasteiger partial charge < -0.3 is 3.53 Å². The van der Waals surface area contributed by atoms with E-state index in [-0.39, 0.29) is 0 Å². The van der Waals surface area contributed by atoms with Crippen molar-refractivity contribution in [1.29, 1.82) is 0 Å². The van der Waals surface area contributed by atoms with Gasteiger partial charge in [-0.3, -0.25) is 4.98 Å². The van der Waals surface area contributed by atoms with E-state index < -0.39 is 0 Å². The van der Waals surface area contributed by atoms with E-state index in [1.54, 1.807) is 0 Å². The minimum Gasteiger partial charge on any atom is -0.335 e. The molecule has 58 valence electrons. The van der Waals surface area contributed by atoms with Crippen molar-refractivity contribution in [2.45, 2.75) is 6.92 Å². The van der Waals surface area contributed by atoms with E-state index in [2.05, 4.69) is 31.4 Å². The standard InChI is InChI=1S/C8H9IN2/c1-7-3-2-4-8(11-7)5-6-10-9/h2-6,10H,1H3. The molecule has 0 amide bonds. The molecule has 0 aromatic carbocycles. The summed E-state index contributed by atoms with van der Waals surface area (Å²) in [5.41, 5.74) is 2.02. The molecule has 3 heteroatoms. The third-order valence-corrected chi connectivity index (χ3v) is 1.59. The molecule has 11 heavy (non-hydrogen) atoms. The van der Waals surface area contributed by atoms with Gasteiger partial charge in [0.2, 0.25) is 0 Å². The van der Waals surface area contributed by atoms with Crippen molar-refractivity contribution in [3.63, 3.8) is 0 Å². The van der Waals surface area contributed by atoms with Crippen LogP contribution in [-0.4, -0.2) is 4.98 Å². The van der Waals surface area contributed by atoms with Crippen molar-refractivity contribution in [2.24, 2.45) is 0 Å². The number of hydrogen-bond acceptors (Lipinski definition) is 2. The first-order valence-electron chi connectivity index (χ1n) is 3.29. The largest absolute Gasteiger partial charge is 0.335 e. The van der Waals surface area contributed by atoms with E-state index in [0.717, 1.165) is 11.4 Å². The van der Waals surface area contributed by atoms with Gasteiger partial charge in [-0.05, 0) is 25.1 Å². The summed E-state index contributed by atoms with van der Waals surface area (Å²) in [6.07, 6.45) is 3.78. The van der Waals surface area contributed by atoms with Gasteiger partial charge in [-0.15, -0.1) is 0 Å². The van der Waals surface area contributed by atoms with Crippen LogP contribution in [0.2, 0.25) is 0 Å². The highest BCUT2D eigenvalue weighted by atomic mass is 127. The van der Waals surface area contributed by atoms with E-state index in [0.29, 0.717) is 0 Å². The second-order valence-corrected chi connectivity index (χ2v) is 2.77. The number of nitrogens with one attached hydrogen (secondary N) is 1. The molecule has 1 rings (SSSR count). The van der Waals surface area contributed by atoms with Crippen LogP contribution >= 0.6 is 22.9 Å². The molecule has 0 saturated heterocycles. The van der Waals surface area contributed by atoms with Crippen molar-refractivity contribution < 1.29 is 0 Å².